The molecule has 0 radical (unpaired) electrons. The van der Waals surface area contributed by atoms with Crippen LogP contribution in [0.5, 0.6) is 0 Å². The van der Waals surface area contributed by atoms with E-state index in [1.807, 2.05) is 0 Å². The van der Waals surface area contributed by atoms with Gasteiger partial charge in [0, 0.05) is 6.54 Å². The quantitative estimate of drug-likeness (QED) is 0.465. The van der Waals surface area contributed by atoms with Crippen LogP contribution in [-0.4, -0.2) is 26.5 Å². The second-order valence-corrected chi connectivity index (χ2v) is 2.89. The monoisotopic (exact) mass is 177 g/mol. The van der Waals surface area contributed by atoms with E-state index in [0.29, 0.717) is 6.54 Å². The SMILES string of the molecule is C=CC(C(=O)NCC)S(=O)O. The van der Waals surface area contributed by atoms with Gasteiger partial charge in [-0.05, 0) is 6.92 Å². The van der Waals surface area contributed by atoms with Crippen LogP contribution in [0, 0.1) is 0 Å². The summed E-state index contributed by atoms with van der Waals surface area (Å²) in [4.78, 5) is 10.9. The van der Waals surface area contributed by atoms with Gasteiger partial charge in [-0.15, -0.1) is 6.58 Å². The van der Waals surface area contributed by atoms with Crippen LogP contribution in [-0.2, 0) is 15.9 Å². The predicted octanol–water partition coefficient (Wildman–Crippen LogP) is -0.101. The van der Waals surface area contributed by atoms with E-state index < -0.39 is 22.2 Å². The first-order chi connectivity index (χ1) is 5.13. The summed E-state index contributed by atoms with van der Waals surface area (Å²) in [5, 5.41) is 1.40. The van der Waals surface area contributed by atoms with Gasteiger partial charge in [0.05, 0.1) is 0 Å². The lowest BCUT2D eigenvalue weighted by Gasteiger charge is -2.06. The van der Waals surface area contributed by atoms with Crippen molar-refractivity contribution in [1.82, 2.24) is 5.32 Å². The van der Waals surface area contributed by atoms with Crippen molar-refractivity contribution in [3.05, 3.63) is 12.7 Å². The zero-order chi connectivity index (χ0) is 8.85. The topological polar surface area (TPSA) is 66.4 Å². The second kappa shape index (κ2) is 5.03. The van der Waals surface area contributed by atoms with Crippen molar-refractivity contribution in [2.45, 2.75) is 12.2 Å². The number of nitrogens with one attached hydrogen (secondary N) is 1. The van der Waals surface area contributed by atoms with Crippen LogP contribution < -0.4 is 5.32 Å². The summed E-state index contributed by atoms with van der Waals surface area (Å²) in [6.45, 7) is 5.45. The largest absolute Gasteiger partial charge is 0.355 e. The van der Waals surface area contributed by atoms with Crippen LogP contribution in [0.1, 0.15) is 6.92 Å². The third kappa shape index (κ3) is 3.29. The highest BCUT2D eigenvalue weighted by Gasteiger charge is 2.19. The molecule has 0 aromatic rings. The number of carbonyl (C=O) groups is 1. The number of amides is 1. The van der Waals surface area contributed by atoms with E-state index in [1.165, 1.54) is 0 Å². The second-order valence-electron chi connectivity index (χ2n) is 1.83. The summed E-state index contributed by atoms with van der Waals surface area (Å²) >= 11 is -2.17. The summed E-state index contributed by atoms with van der Waals surface area (Å²) < 4.78 is 19.0. The Kier molecular flexibility index (Phi) is 4.72. The molecule has 2 atom stereocenters. The summed E-state index contributed by atoms with van der Waals surface area (Å²) in [6.07, 6.45) is 1.15. The zero-order valence-corrected chi connectivity index (χ0v) is 7.06. The average molecular weight is 177 g/mol. The van der Waals surface area contributed by atoms with Crippen LogP contribution in [0.15, 0.2) is 12.7 Å². The molecule has 4 nitrogen and oxygen atoms in total. The van der Waals surface area contributed by atoms with E-state index in [2.05, 4.69) is 11.9 Å². The maximum absolute atomic E-state index is 10.9. The lowest BCUT2D eigenvalue weighted by molar-refractivity contribution is -0.119. The van der Waals surface area contributed by atoms with Crippen molar-refractivity contribution >= 4 is 17.0 Å². The standard InChI is InChI=1S/C6H11NO3S/c1-3-5(11(9)10)6(8)7-4-2/h3,5H,1,4H2,2H3,(H,7,8)(H,9,10). The number of hydrogen-bond donors (Lipinski definition) is 2. The Morgan fingerprint density at radius 1 is 1.91 bits per heavy atom. The number of rotatable bonds is 4. The lowest BCUT2D eigenvalue weighted by Crippen LogP contribution is -2.35. The fourth-order valence-corrected chi connectivity index (χ4v) is 0.987. The Morgan fingerprint density at radius 3 is 2.73 bits per heavy atom. The van der Waals surface area contributed by atoms with Gasteiger partial charge in [-0.2, -0.15) is 0 Å². The van der Waals surface area contributed by atoms with Crippen LogP contribution in [0.25, 0.3) is 0 Å². The summed E-state index contributed by atoms with van der Waals surface area (Å²) in [7, 11) is 0. The van der Waals surface area contributed by atoms with E-state index in [0.717, 1.165) is 6.08 Å². The van der Waals surface area contributed by atoms with Crippen molar-refractivity contribution in [2.24, 2.45) is 0 Å². The zero-order valence-electron chi connectivity index (χ0n) is 6.24. The molecule has 64 valence electrons. The summed E-state index contributed by atoms with van der Waals surface area (Å²) in [5.41, 5.74) is 0. The molecule has 0 saturated heterocycles. The van der Waals surface area contributed by atoms with E-state index >= 15 is 0 Å². The molecule has 1 amide bonds. The van der Waals surface area contributed by atoms with Gasteiger partial charge in [0.25, 0.3) is 0 Å². The van der Waals surface area contributed by atoms with E-state index in [4.69, 9.17) is 4.55 Å². The van der Waals surface area contributed by atoms with Crippen LogP contribution in [0.4, 0.5) is 0 Å². The molecule has 0 rings (SSSR count). The highest BCUT2D eigenvalue weighted by Crippen LogP contribution is 1.94. The highest BCUT2D eigenvalue weighted by molar-refractivity contribution is 7.81. The first kappa shape index (κ1) is 10.3. The molecule has 0 bridgehead atoms. The van der Waals surface area contributed by atoms with E-state index in [1.54, 1.807) is 6.92 Å². The van der Waals surface area contributed by atoms with Gasteiger partial charge in [-0.1, -0.05) is 6.08 Å². The van der Waals surface area contributed by atoms with Gasteiger partial charge < -0.3 is 9.87 Å². The Bertz CT molecular complexity index is 181. The number of hydrogen-bond acceptors (Lipinski definition) is 2. The van der Waals surface area contributed by atoms with Crippen LogP contribution in [0.2, 0.25) is 0 Å². The van der Waals surface area contributed by atoms with Gasteiger partial charge in [0.15, 0.2) is 16.3 Å². The Morgan fingerprint density at radius 2 is 2.45 bits per heavy atom. The van der Waals surface area contributed by atoms with E-state index in [-0.39, 0.29) is 0 Å². The van der Waals surface area contributed by atoms with Crippen LogP contribution >= 0.6 is 0 Å². The van der Waals surface area contributed by atoms with E-state index in [9.17, 15) is 9.00 Å². The van der Waals surface area contributed by atoms with Crippen molar-refractivity contribution in [1.29, 1.82) is 0 Å². The smallest absolute Gasteiger partial charge is 0.242 e. The van der Waals surface area contributed by atoms with Crippen molar-refractivity contribution in [3.8, 4) is 0 Å². The molecule has 0 spiro atoms. The normalized spacial score (nSPS) is 15.1. The molecule has 0 aromatic heterocycles. The number of carbonyl (C=O) groups excluding carboxylic acids is 1. The summed E-state index contributed by atoms with van der Waals surface area (Å²) in [5.74, 6) is -0.469. The minimum absolute atomic E-state index is 0.445. The van der Waals surface area contributed by atoms with Crippen molar-refractivity contribution < 1.29 is 13.6 Å². The molecule has 0 aliphatic carbocycles. The summed E-state index contributed by atoms with van der Waals surface area (Å²) in [6, 6.07) is 0. The molecule has 5 heteroatoms. The van der Waals surface area contributed by atoms with Crippen molar-refractivity contribution in [2.75, 3.05) is 6.54 Å². The maximum atomic E-state index is 10.9. The molecule has 0 fully saturated rings. The lowest BCUT2D eigenvalue weighted by atomic mass is 10.4. The highest BCUT2D eigenvalue weighted by atomic mass is 32.2. The Balaban J connectivity index is 4.14. The first-order valence-corrected chi connectivity index (χ1v) is 4.30. The molecule has 2 N–H and O–H groups in total. The van der Waals surface area contributed by atoms with Gasteiger partial charge in [-0.3, -0.25) is 4.79 Å². The molecule has 0 aliphatic heterocycles. The van der Waals surface area contributed by atoms with Crippen molar-refractivity contribution in [3.63, 3.8) is 0 Å². The Hall–Kier alpha value is -0.680. The molecule has 2 unspecified atom stereocenters. The third-order valence-corrected chi connectivity index (χ3v) is 1.88. The van der Waals surface area contributed by atoms with Gasteiger partial charge in [-0.25, -0.2) is 4.21 Å². The molecular formula is C6H11NO3S. The van der Waals surface area contributed by atoms with Gasteiger partial charge in [0.1, 0.15) is 0 Å². The Labute approximate surface area is 68.0 Å². The molecule has 0 aromatic carbocycles. The molecular weight excluding hydrogens is 166 g/mol. The molecule has 0 saturated carbocycles. The molecule has 0 heterocycles. The van der Waals surface area contributed by atoms with Crippen LogP contribution in [0.3, 0.4) is 0 Å². The van der Waals surface area contributed by atoms with Gasteiger partial charge >= 0.3 is 0 Å². The maximum Gasteiger partial charge on any atom is 0.242 e. The average Bonchev–Trinajstić information content (AvgIpc) is 1.88. The molecule has 0 aliphatic rings. The fourth-order valence-electron chi connectivity index (χ4n) is 0.556. The van der Waals surface area contributed by atoms with Gasteiger partial charge in [0.2, 0.25) is 5.91 Å². The minimum Gasteiger partial charge on any atom is -0.355 e. The third-order valence-electron chi connectivity index (χ3n) is 1.04. The molecule has 11 heavy (non-hydrogen) atoms. The first-order valence-electron chi connectivity index (χ1n) is 3.13. The minimum atomic E-state index is -2.17. The predicted molar refractivity (Wildman–Crippen MR) is 43.4 cm³/mol. The fraction of sp³-hybridized carbons (Fsp3) is 0.500.